The van der Waals surface area contributed by atoms with Gasteiger partial charge in [0.25, 0.3) is 5.91 Å². The van der Waals surface area contributed by atoms with Crippen LogP contribution in [-0.2, 0) is 14.9 Å². The summed E-state index contributed by atoms with van der Waals surface area (Å²) in [5, 5.41) is 0. The molecule has 1 amide bonds. The maximum atomic E-state index is 12.8. The molecule has 1 heterocycles. The van der Waals surface area contributed by atoms with Crippen molar-refractivity contribution in [3.8, 4) is 0 Å². The number of nitrogens with zero attached hydrogens (tertiary/aromatic N) is 2. The predicted molar refractivity (Wildman–Crippen MR) is 86.3 cm³/mol. The van der Waals surface area contributed by atoms with Crippen molar-refractivity contribution in [2.24, 2.45) is 5.92 Å². The molecule has 26 heavy (non-hydrogen) atoms. The van der Waals surface area contributed by atoms with E-state index >= 15 is 0 Å². The fraction of sp³-hybridized carbons (Fsp3) is 0.571. The Morgan fingerprint density at radius 3 is 2.54 bits per heavy atom. The molecule has 7 nitrogen and oxygen atoms in total. The third-order valence-electron chi connectivity index (χ3n) is 4.04. The van der Waals surface area contributed by atoms with Crippen molar-refractivity contribution in [1.29, 1.82) is 0 Å². The number of amides is 1. The molecule has 1 aromatic rings. The van der Waals surface area contributed by atoms with Crippen LogP contribution in [-0.4, -0.2) is 47.3 Å². The van der Waals surface area contributed by atoms with E-state index in [9.17, 15) is 26.4 Å². The van der Waals surface area contributed by atoms with Crippen molar-refractivity contribution in [2.45, 2.75) is 36.4 Å². The fourth-order valence-corrected chi connectivity index (χ4v) is 3.66. The highest BCUT2D eigenvalue weighted by atomic mass is 35.5. The maximum Gasteiger partial charge on any atom is 0.511 e. The molecule has 2 atom stereocenters. The molecule has 0 radical (unpaired) electrons. The van der Waals surface area contributed by atoms with Gasteiger partial charge in [-0.2, -0.15) is 17.5 Å². The van der Waals surface area contributed by atoms with Gasteiger partial charge in [0, 0.05) is 19.4 Å². The number of sulfonamides is 1. The van der Waals surface area contributed by atoms with Crippen molar-refractivity contribution in [1.82, 2.24) is 14.8 Å². The van der Waals surface area contributed by atoms with Crippen LogP contribution in [0.4, 0.5) is 13.2 Å². The molecule has 2 rings (SSSR count). The molecule has 1 aliphatic carbocycles. The minimum absolute atomic E-state index is 0.0147. The lowest BCUT2D eigenvalue weighted by atomic mass is 10.1. The van der Waals surface area contributed by atoms with Crippen molar-refractivity contribution < 1.29 is 31.2 Å². The van der Waals surface area contributed by atoms with E-state index in [0.717, 1.165) is 14.0 Å². The summed E-state index contributed by atoms with van der Waals surface area (Å²) >= 11 is 6.17. The average molecular weight is 416 g/mol. The smallest absolute Gasteiger partial charge is 0.267 e. The summed E-state index contributed by atoms with van der Waals surface area (Å²) in [5.41, 5.74) is -3.24. The molecule has 1 unspecified atom stereocenters. The zero-order valence-electron chi connectivity index (χ0n) is 13.8. The first-order chi connectivity index (χ1) is 11.9. The van der Waals surface area contributed by atoms with Crippen LogP contribution < -0.4 is 5.48 Å². The van der Waals surface area contributed by atoms with Gasteiger partial charge in [0.15, 0.2) is 0 Å². The van der Waals surface area contributed by atoms with E-state index in [2.05, 4.69) is 10.5 Å². The Hall–Kier alpha value is -1.43. The number of hydrogen-bond donors (Lipinski definition) is 1. The zero-order valence-corrected chi connectivity index (χ0v) is 15.4. The number of carbonyl (C=O) groups excluding carboxylic acids is 1. The number of hydrogen-bond acceptors (Lipinski definition) is 5. The molecule has 146 valence electrons. The largest absolute Gasteiger partial charge is 0.511 e. The van der Waals surface area contributed by atoms with E-state index < -0.39 is 32.5 Å². The van der Waals surface area contributed by atoms with Gasteiger partial charge < -0.3 is 0 Å². The number of aromatic nitrogens is 1. The molecular formula is C14H17ClF3N3O4S. The third-order valence-corrected chi connectivity index (χ3v) is 6.29. The van der Waals surface area contributed by atoms with Crippen LogP contribution in [0.25, 0.3) is 0 Å². The predicted octanol–water partition coefficient (Wildman–Crippen LogP) is 2.26. The van der Waals surface area contributed by atoms with Crippen LogP contribution >= 0.6 is 11.6 Å². The van der Waals surface area contributed by atoms with Gasteiger partial charge in [0.1, 0.15) is 11.1 Å². The Morgan fingerprint density at radius 1 is 1.46 bits per heavy atom. The Kier molecular flexibility index (Phi) is 5.86. The number of likely N-dealkylation sites (N-methyl/N-ethyl adjacent to an activating group) is 1. The van der Waals surface area contributed by atoms with E-state index in [1.54, 1.807) is 0 Å². The molecule has 1 N–H and O–H groups in total. The van der Waals surface area contributed by atoms with Gasteiger partial charge in [-0.05, 0) is 37.8 Å². The van der Waals surface area contributed by atoms with E-state index in [1.807, 2.05) is 0 Å². The molecule has 12 heteroatoms. The fourth-order valence-electron chi connectivity index (χ4n) is 2.28. The Morgan fingerprint density at radius 2 is 2.08 bits per heavy atom. The number of hydroxylamine groups is 1. The van der Waals surface area contributed by atoms with Crippen LogP contribution in [0.15, 0.2) is 24.5 Å². The number of nitrogens with one attached hydrogen (secondary N) is 1. The number of halogens is 4. The zero-order chi connectivity index (χ0) is 19.8. The number of carbonyl (C=O) groups is 1. The van der Waals surface area contributed by atoms with Crippen molar-refractivity contribution in [2.75, 3.05) is 7.05 Å². The SMILES string of the molecule is CN([C@@](C)(Cl)C(ONC(=O)c1cccnc1)C1CC1)S(=O)(=O)C(F)(F)F. The van der Waals surface area contributed by atoms with E-state index in [1.165, 1.54) is 24.5 Å². The van der Waals surface area contributed by atoms with Crippen LogP contribution in [0.2, 0.25) is 0 Å². The van der Waals surface area contributed by atoms with Gasteiger partial charge >= 0.3 is 15.5 Å². The minimum Gasteiger partial charge on any atom is -0.267 e. The maximum absolute atomic E-state index is 12.8. The first-order valence-corrected chi connectivity index (χ1v) is 9.31. The molecule has 0 saturated heterocycles. The summed E-state index contributed by atoms with van der Waals surface area (Å²) in [7, 11) is -4.96. The Bertz CT molecular complexity index is 754. The van der Waals surface area contributed by atoms with Crippen molar-refractivity contribution >= 4 is 27.5 Å². The second-order valence-electron chi connectivity index (χ2n) is 5.99. The summed E-state index contributed by atoms with van der Waals surface area (Å²) in [4.78, 5) is 18.9. The van der Waals surface area contributed by atoms with Crippen LogP contribution in [0.3, 0.4) is 0 Å². The van der Waals surface area contributed by atoms with Crippen LogP contribution in [0.5, 0.6) is 0 Å². The first-order valence-electron chi connectivity index (χ1n) is 7.49. The number of rotatable bonds is 7. The highest BCUT2D eigenvalue weighted by molar-refractivity contribution is 7.90. The van der Waals surface area contributed by atoms with Crippen molar-refractivity contribution in [3.63, 3.8) is 0 Å². The summed E-state index contributed by atoms with van der Waals surface area (Å²) in [6.07, 6.45) is 2.69. The van der Waals surface area contributed by atoms with Gasteiger partial charge in [-0.25, -0.2) is 13.9 Å². The molecule has 1 fully saturated rings. The molecule has 1 aliphatic rings. The summed E-state index contributed by atoms with van der Waals surface area (Å²) in [6.45, 7) is 1.09. The molecule has 0 bridgehead atoms. The number of alkyl halides is 4. The number of pyridine rings is 1. The summed E-state index contributed by atoms with van der Waals surface area (Å²) in [6, 6.07) is 2.97. The highest BCUT2D eigenvalue weighted by Gasteiger charge is 2.57. The van der Waals surface area contributed by atoms with Crippen LogP contribution in [0.1, 0.15) is 30.1 Å². The molecule has 0 aromatic carbocycles. The third kappa shape index (κ3) is 4.27. The molecule has 0 aliphatic heterocycles. The summed E-state index contributed by atoms with van der Waals surface area (Å²) in [5.74, 6) is -0.977. The average Bonchev–Trinajstić information content (AvgIpc) is 3.38. The molecule has 1 aromatic heterocycles. The van der Waals surface area contributed by atoms with E-state index in [0.29, 0.717) is 12.8 Å². The second kappa shape index (κ2) is 7.29. The standard InChI is InChI=1S/C14H17ClF3N3O4S/c1-13(15,21(2)26(23,24)14(16,17)18)11(9-5-6-9)25-20-12(22)10-4-3-7-19-8-10/h3-4,7-9,11H,5-6H2,1-2H3,(H,20,22)/t11?,13-/m1/s1. The lowest BCUT2D eigenvalue weighted by molar-refractivity contribution is -0.0725. The second-order valence-corrected chi connectivity index (χ2v) is 8.72. The van der Waals surface area contributed by atoms with Gasteiger partial charge in [0.2, 0.25) is 0 Å². The normalized spacial score (nSPS) is 19.0. The van der Waals surface area contributed by atoms with E-state index in [4.69, 9.17) is 16.4 Å². The molecule has 1 saturated carbocycles. The lowest BCUT2D eigenvalue weighted by Crippen LogP contribution is -2.57. The van der Waals surface area contributed by atoms with Gasteiger partial charge in [-0.3, -0.25) is 14.6 Å². The Balaban J connectivity index is 2.17. The topological polar surface area (TPSA) is 88.6 Å². The van der Waals surface area contributed by atoms with Crippen LogP contribution in [0, 0.1) is 5.92 Å². The Labute approximate surface area is 153 Å². The highest BCUT2D eigenvalue weighted by Crippen LogP contribution is 2.44. The molecular weight excluding hydrogens is 399 g/mol. The minimum atomic E-state index is -5.68. The van der Waals surface area contributed by atoms with Crippen molar-refractivity contribution in [3.05, 3.63) is 30.1 Å². The first kappa shape index (κ1) is 20.9. The molecule has 0 spiro atoms. The van der Waals surface area contributed by atoms with E-state index in [-0.39, 0.29) is 15.8 Å². The monoisotopic (exact) mass is 415 g/mol. The quantitative estimate of drug-likeness (QED) is 0.419. The lowest BCUT2D eigenvalue weighted by Gasteiger charge is -2.38. The van der Waals surface area contributed by atoms with Gasteiger partial charge in [0.05, 0.1) is 5.56 Å². The van der Waals surface area contributed by atoms with Gasteiger partial charge in [-0.1, -0.05) is 11.6 Å². The van der Waals surface area contributed by atoms with Gasteiger partial charge in [-0.15, -0.1) is 0 Å². The summed E-state index contributed by atoms with van der Waals surface area (Å²) < 4.78 is 61.8.